The maximum absolute atomic E-state index is 12.9. The number of nitrogens with zero attached hydrogens (tertiary/aromatic N) is 4. The maximum atomic E-state index is 12.9. The van der Waals surface area contributed by atoms with Gasteiger partial charge >= 0.3 is 0 Å². The fraction of sp³-hybridized carbons (Fsp3) is 0.333. The van der Waals surface area contributed by atoms with Crippen molar-refractivity contribution >= 4 is 5.91 Å². The van der Waals surface area contributed by atoms with Crippen molar-refractivity contribution in [1.82, 2.24) is 20.0 Å². The zero-order chi connectivity index (χ0) is 19.3. The van der Waals surface area contributed by atoms with Crippen molar-refractivity contribution in [2.24, 2.45) is 0 Å². The van der Waals surface area contributed by atoms with Gasteiger partial charge < -0.3 is 14.2 Å². The van der Waals surface area contributed by atoms with E-state index in [1.807, 2.05) is 36.1 Å². The Balaban J connectivity index is 1.46. The molecule has 1 fully saturated rings. The highest BCUT2D eigenvalue weighted by Gasteiger charge is 2.32. The molecule has 1 aromatic carbocycles. The fourth-order valence-electron chi connectivity index (χ4n) is 3.34. The van der Waals surface area contributed by atoms with Crippen LogP contribution in [-0.4, -0.2) is 32.5 Å². The first-order valence-corrected chi connectivity index (χ1v) is 9.43. The number of aromatic nitrogens is 3. The third-order valence-corrected chi connectivity index (χ3v) is 4.84. The lowest BCUT2D eigenvalue weighted by Crippen LogP contribution is -2.39. The van der Waals surface area contributed by atoms with Crippen LogP contribution in [0.5, 0.6) is 5.75 Å². The van der Waals surface area contributed by atoms with Crippen LogP contribution in [0.3, 0.4) is 0 Å². The average molecular weight is 378 g/mol. The van der Waals surface area contributed by atoms with Gasteiger partial charge in [0.2, 0.25) is 0 Å². The molecular formula is C21H22N4O3. The van der Waals surface area contributed by atoms with Crippen LogP contribution in [0.4, 0.5) is 0 Å². The van der Waals surface area contributed by atoms with Crippen molar-refractivity contribution in [2.75, 3.05) is 6.54 Å². The Morgan fingerprint density at radius 2 is 2.11 bits per heavy atom. The molecule has 144 valence electrons. The first-order chi connectivity index (χ1) is 13.7. The quantitative estimate of drug-likeness (QED) is 0.673. The van der Waals surface area contributed by atoms with Gasteiger partial charge in [-0.15, -0.1) is 0 Å². The summed E-state index contributed by atoms with van der Waals surface area (Å²) >= 11 is 0. The van der Waals surface area contributed by atoms with Crippen LogP contribution in [-0.2, 0) is 6.61 Å². The Labute approximate surface area is 163 Å². The summed E-state index contributed by atoms with van der Waals surface area (Å²) in [6.07, 6.45) is 6.04. The van der Waals surface area contributed by atoms with Crippen molar-refractivity contribution in [3.8, 4) is 5.75 Å². The number of hydrogen-bond acceptors (Lipinski definition) is 6. The molecule has 3 heterocycles. The molecular weight excluding hydrogens is 356 g/mol. The lowest BCUT2D eigenvalue weighted by molar-refractivity contribution is 0.0596. The molecule has 0 N–H and O–H groups in total. The van der Waals surface area contributed by atoms with Gasteiger partial charge in [-0.05, 0) is 50.5 Å². The van der Waals surface area contributed by atoms with E-state index in [-0.39, 0.29) is 18.6 Å². The third-order valence-electron chi connectivity index (χ3n) is 4.84. The molecule has 1 saturated heterocycles. The molecule has 7 nitrogen and oxygen atoms in total. The molecule has 1 atom stereocenters. The van der Waals surface area contributed by atoms with Gasteiger partial charge in [-0.25, -0.2) is 0 Å². The topological polar surface area (TPSA) is 81.4 Å². The van der Waals surface area contributed by atoms with Crippen molar-refractivity contribution in [3.05, 3.63) is 71.6 Å². The summed E-state index contributed by atoms with van der Waals surface area (Å²) in [5.74, 6) is 1.62. The molecule has 3 aromatic rings. The molecule has 0 saturated carbocycles. The number of likely N-dealkylation sites (tertiary alicyclic amines) is 1. The summed E-state index contributed by atoms with van der Waals surface area (Å²) in [6.45, 7) is 2.89. The predicted octanol–water partition coefficient (Wildman–Crippen LogP) is 3.72. The smallest absolute Gasteiger partial charge is 0.264 e. The molecule has 2 aromatic heterocycles. The minimum Gasteiger partial charge on any atom is -0.484 e. The molecule has 0 radical (unpaired) electrons. The predicted molar refractivity (Wildman–Crippen MR) is 102 cm³/mol. The van der Waals surface area contributed by atoms with Crippen LogP contribution in [0, 0.1) is 6.92 Å². The van der Waals surface area contributed by atoms with E-state index in [2.05, 4.69) is 15.1 Å². The molecule has 1 aliphatic rings. The first kappa shape index (κ1) is 18.2. The van der Waals surface area contributed by atoms with E-state index >= 15 is 0 Å². The van der Waals surface area contributed by atoms with Gasteiger partial charge in [-0.3, -0.25) is 9.78 Å². The van der Waals surface area contributed by atoms with E-state index in [0.29, 0.717) is 23.8 Å². The van der Waals surface area contributed by atoms with Gasteiger partial charge in [-0.2, -0.15) is 4.98 Å². The Kier molecular flexibility index (Phi) is 5.32. The Morgan fingerprint density at radius 1 is 1.25 bits per heavy atom. The largest absolute Gasteiger partial charge is 0.484 e. The van der Waals surface area contributed by atoms with Crippen molar-refractivity contribution in [1.29, 1.82) is 0 Å². The van der Waals surface area contributed by atoms with Gasteiger partial charge in [-0.1, -0.05) is 22.9 Å². The van der Waals surface area contributed by atoms with E-state index in [9.17, 15) is 4.79 Å². The van der Waals surface area contributed by atoms with Crippen LogP contribution < -0.4 is 4.74 Å². The van der Waals surface area contributed by atoms with Gasteiger partial charge in [0.25, 0.3) is 11.8 Å². The first-order valence-electron chi connectivity index (χ1n) is 9.43. The van der Waals surface area contributed by atoms with Crippen LogP contribution in [0.15, 0.2) is 53.3 Å². The number of carbonyl (C=O) groups excluding carboxylic acids is 1. The normalized spacial score (nSPS) is 16.8. The number of hydrogen-bond donors (Lipinski definition) is 0. The second-order valence-corrected chi connectivity index (χ2v) is 6.90. The van der Waals surface area contributed by atoms with E-state index in [0.717, 1.165) is 25.0 Å². The highest BCUT2D eigenvalue weighted by atomic mass is 16.5. The molecule has 0 aliphatic carbocycles. The highest BCUT2D eigenvalue weighted by molar-refractivity contribution is 5.94. The molecule has 4 rings (SSSR count). The Bertz CT molecular complexity index is 924. The molecule has 1 amide bonds. The maximum Gasteiger partial charge on any atom is 0.264 e. The lowest BCUT2D eigenvalue weighted by Gasteiger charge is -2.33. The zero-order valence-electron chi connectivity index (χ0n) is 15.7. The average Bonchev–Trinajstić information content (AvgIpc) is 3.22. The Morgan fingerprint density at radius 3 is 2.89 bits per heavy atom. The van der Waals surface area contributed by atoms with E-state index in [4.69, 9.17) is 9.26 Å². The second-order valence-electron chi connectivity index (χ2n) is 6.90. The van der Waals surface area contributed by atoms with Crippen molar-refractivity contribution < 1.29 is 14.1 Å². The monoisotopic (exact) mass is 378 g/mol. The van der Waals surface area contributed by atoms with Gasteiger partial charge in [0.15, 0.2) is 12.4 Å². The number of aryl methyl sites for hydroxylation is 1. The van der Waals surface area contributed by atoms with Crippen LogP contribution in [0.25, 0.3) is 0 Å². The number of carbonyl (C=O) groups is 1. The highest BCUT2D eigenvalue weighted by Crippen LogP contribution is 2.30. The van der Waals surface area contributed by atoms with Crippen molar-refractivity contribution in [2.45, 2.75) is 38.8 Å². The number of piperidine rings is 1. The number of benzene rings is 1. The fourth-order valence-corrected chi connectivity index (χ4v) is 3.34. The van der Waals surface area contributed by atoms with Gasteiger partial charge in [0.1, 0.15) is 5.75 Å². The number of pyridine rings is 1. The Hall–Kier alpha value is -3.22. The number of rotatable bonds is 5. The summed E-state index contributed by atoms with van der Waals surface area (Å²) in [7, 11) is 0. The van der Waals surface area contributed by atoms with Gasteiger partial charge in [0.05, 0.1) is 11.6 Å². The molecule has 7 heteroatoms. The number of amides is 1. The second kappa shape index (κ2) is 8.21. The summed E-state index contributed by atoms with van der Waals surface area (Å²) in [5.41, 5.74) is 1.74. The van der Waals surface area contributed by atoms with E-state index in [1.54, 1.807) is 24.5 Å². The van der Waals surface area contributed by atoms with E-state index < -0.39 is 0 Å². The minimum atomic E-state index is -0.196. The summed E-state index contributed by atoms with van der Waals surface area (Å²) < 4.78 is 11.1. The number of ether oxygens (including phenoxy) is 1. The van der Waals surface area contributed by atoms with Crippen LogP contribution in [0.2, 0.25) is 0 Å². The summed E-state index contributed by atoms with van der Waals surface area (Å²) in [6, 6.07) is 11.1. The third kappa shape index (κ3) is 4.03. The lowest BCUT2D eigenvalue weighted by atomic mass is 10.0. The van der Waals surface area contributed by atoms with E-state index in [1.165, 1.54) is 5.56 Å². The minimum absolute atomic E-state index is 0.0555. The van der Waals surface area contributed by atoms with Crippen LogP contribution in [0.1, 0.15) is 52.9 Å². The standard InChI is InChI=1S/C21H22N4O3/c1-15-7-9-17(10-8-15)27-14-19-23-20(24-28-19)18-6-2-3-12-25(18)21(26)16-5-4-11-22-13-16/h4-5,7-11,13,18H,2-3,6,12,14H2,1H3. The SMILES string of the molecule is Cc1ccc(OCc2nc(C3CCCCN3C(=O)c3cccnc3)no2)cc1. The molecule has 1 unspecified atom stereocenters. The summed E-state index contributed by atoms with van der Waals surface area (Å²) in [5, 5.41) is 4.12. The summed E-state index contributed by atoms with van der Waals surface area (Å²) in [4.78, 5) is 23.2. The molecule has 0 spiro atoms. The molecule has 0 bridgehead atoms. The zero-order valence-corrected chi connectivity index (χ0v) is 15.7. The molecule has 1 aliphatic heterocycles. The molecule has 28 heavy (non-hydrogen) atoms. The van der Waals surface area contributed by atoms with Gasteiger partial charge in [0, 0.05) is 18.9 Å². The van der Waals surface area contributed by atoms with Crippen LogP contribution >= 0.6 is 0 Å². The van der Waals surface area contributed by atoms with Crippen molar-refractivity contribution in [3.63, 3.8) is 0 Å².